The Labute approximate surface area is 180 Å². The molecule has 0 amide bonds. The summed E-state index contributed by atoms with van der Waals surface area (Å²) >= 11 is 0. The zero-order valence-electron chi connectivity index (χ0n) is 17.9. The van der Waals surface area contributed by atoms with Gasteiger partial charge in [0.1, 0.15) is 23.7 Å². The number of H-pyrrole nitrogens is 1. The van der Waals surface area contributed by atoms with E-state index in [-0.39, 0.29) is 23.3 Å². The quantitative estimate of drug-likeness (QED) is 0.479. The largest absolute Gasteiger partial charge is 0.377 e. The number of aromatic nitrogens is 1. The molecule has 0 aliphatic heterocycles. The zero-order valence-corrected chi connectivity index (χ0v) is 17.9. The SMILES string of the molecule is CC(C(O)NCC1CC(c2c(-c3ccc(F)cc3)[nH]c3c(F)cc(F)cc23)C1)N(C)C. The number of nitrogens with zero attached hydrogens (tertiary/aromatic N) is 1. The van der Waals surface area contributed by atoms with E-state index in [9.17, 15) is 18.3 Å². The summed E-state index contributed by atoms with van der Waals surface area (Å²) < 4.78 is 41.9. The minimum Gasteiger partial charge on any atom is -0.377 e. The van der Waals surface area contributed by atoms with Crippen molar-refractivity contribution in [3.05, 3.63) is 59.4 Å². The number of nitrogens with one attached hydrogen (secondary N) is 2. The molecule has 1 aliphatic carbocycles. The number of halogens is 3. The van der Waals surface area contributed by atoms with Crippen molar-refractivity contribution in [2.75, 3.05) is 20.6 Å². The lowest BCUT2D eigenvalue weighted by atomic mass is 9.70. The van der Waals surface area contributed by atoms with Crippen LogP contribution in [0.4, 0.5) is 13.2 Å². The van der Waals surface area contributed by atoms with Gasteiger partial charge in [0.25, 0.3) is 0 Å². The molecule has 3 aromatic rings. The topological polar surface area (TPSA) is 51.3 Å². The summed E-state index contributed by atoms with van der Waals surface area (Å²) in [7, 11) is 3.84. The van der Waals surface area contributed by atoms with Gasteiger partial charge in [-0.05, 0) is 87.2 Å². The highest BCUT2D eigenvalue weighted by Gasteiger charge is 2.35. The Morgan fingerprint density at radius 3 is 2.42 bits per heavy atom. The first-order valence-corrected chi connectivity index (χ1v) is 10.6. The van der Waals surface area contributed by atoms with Gasteiger partial charge < -0.3 is 15.0 Å². The van der Waals surface area contributed by atoms with Crippen LogP contribution >= 0.6 is 0 Å². The number of aromatic amines is 1. The second kappa shape index (κ2) is 8.65. The monoisotopic (exact) mass is 431 g/mol. The average molecular weight is 432 g/mol. The molecule has 3 N–H and O–H groups in total. The Bertz CT molecular complexity index is 1060. The summed E-state index contributed by atoms with van der Waals surface area (Å²) in [6.45, 7) is 2.62. The maximum atomic E-state index is 14.5. The molecule has 4 nitrogen and oxygen atoms in total. The maximum Gasteiger partial charge on any atom is 0.150 e. The highest BCUT2D eigenvalue weighted by Crippen LogP contribution is 2.48. The van der Waals surface area contributed by atoms with Gasteiger partial charge >= 0.3 is 0 Å². The Balaban J connectivity index is 1.58. The van der Waals surface area contributed by atoms with Gasteiger partial charge in [0.05, 0.1) is 11.2 Å². The van der Waals surface area contributed by atoms with E-state index in [0.717, 1.165) is 30.0 Å². The van der Waals surface area contributed by atoms with Crippen molar-refractivity contribution in [1.29, 1.82) is 0 Å². The summed E-state index contributed by atoms with van der Waals surface area (Å²) in [5.41, 5.74) is 2.59. The fraction of sp³-hybridized carbons (Fsp3) is 0.417. The van der Waals surface area contributed by atoms with Crippen LogP contribution in [0.15, 0.2) is 36.4 Å². The minimum absolute atomic E-state index is 0.0134. The summed E-state index contributed by atoms with van der Waals surface area (Å²) in [5, 5.41) is 14.0. The lowest BCUT2D eigenvalue weighted by molar-refractivity contribution is 0.0492. The molecular formula is C24H28F3N3O. The van der Waals surface area contributed by atoms with Crippen molar-refractivity contribution in [3.63, 3.8) is 0 Å². The van der Waals surface area contributed by atoms with Crippen LogP contribution in [0.1, 0.15) is 31.2 Å². The van der Waals surface area contributed by atoms with Gasteiger partial charge in [-0.2, -0.15) is 0 Å². The van der Waals surface area contributed by atoms with Crippen molar-refractivity contribution >= 4 is 10.9 Å². The Morgan fingerprint density at radius 1 is 1.10 bits per heavy atom. The van der Waals surface area contributed by atoms with Crippen LogP contribution in [0.25, 0.3) is 22.2 Å². The third-order valence-corrected chi connectivity index (χ3v) is 6.53. The highest BCUT2D eigenvalue weighted by atomic mass is 19.1. The molecule has 31 heavy (non-hydrogen) atoms. The van der Waals surface area contributed by atoms with Gasteiger partial charge in [-0.1, -0.05) is 0 Å². The van der Waals surface area contributed by atoms with Crippen LogP contribution in [0.2, 0.25) is 0 Å². The van der Waals surface area contributed by atoms with Crippen LogP contribution in [0, 0.1) is 23.4 Å². The predicted molar refractivity (Wildman–Crippen MR) is 116 cm³/mol. The minimum atomic E-state index is -0.636. The van der Waals surface area contributed by atoms with E-state index in [4.69, 9.17) is 0 Å². The molecule has 2 aromatic carbocycles. The molecule has 4 rings (SSSR count). The first-order valence-electron chi connectivity index (χ1n) is 10.6. The molecule has 1 saturated carbocycles. The van der Waals surface area contributed by atoms with Crippen molar-refractivity contribution in [3.8, 4) is 11.3 Å². The fourth-order valence-corrected chi connectivity index (χ4v) is 4.39. The number of benzene rings is 2. The first-order chi connectivity index (χ1) is 14.7. The van der Waals surface area contributed by atoms with E-state index in [1.54, 1.807) is 12.1 Å². The lowest BCUT2D eigenvalue weighted by Crippen LogP contribution is -2.48. The maximum absolute atomic E-state index is 14.5. The summed E-state index contributed by atoms with van der Waals surface area (Å²) in [5.74, 6) is -1.11. The molecule has 2 unspecified atom stereocenters. The van der Waals surface area contributed by atoms with Crippen LogP contribution in [0.5, 0.6) is 0 Å². The number of fused-ring (bicyclic) bond motifs is 1. The third kappa shape index (κ3) is 4.35. The van der Waals surface area contributed by atoms with E-state index in [2.05, 4.69) is 10.3 Å². The van der Waals surface area contributed by atoms with Crippen molar-refractivity contribution < 1.29 is 18.3 Å². The van der Waals surface area contributed by atoms with Crippen molar-refractivity contribution in [2.45, 2.75) is 38.0 Å². The van der Waals surface area contributed by atoms with Crippen molar-refractivity contribution in [1.82, 2.24) is 15.2 Å². The Morgan fingerprint density at radius 2 is 1.77 bits per heavy atom. The lowest BCUT2D eigenvalue weighted by Gasteiger charge is -2.37. The van der Waals surface area contributed by atoms with Crippen LogP contribution in [-0.4, -0.2) is 47.9 Å². The van der Waals surface area contributed by atoms with Crippen LogP contribution < -0.4 is 5.32 Å². The Hall–Kier alpha value is -2.35. The zero-order chi connectivity index (χ0) is 22.3. The van der Waals surface area contributed by atoms with E-state index in [0.29, 0.717) is 23.5 Å². The summed E-state index contributed by atoms with van der Waals surface area (Å²) in [6, 6.07) is 8.25. The van der Waals surface area contributed by atoms with Gasteiger partial charge in [0.15, 0.2) is 0 Å². The fourth-order valence-electron chi connectivity index (χ4n) is 4.39. The highest BCUT2D eigenvalue weighted by molar-refractivity contribution is 5.92. The number of rotatable bonds is 7. The molecule has 7 heteroatoms. The standard InChI is InChI=1S/C24H28F3N3O/c1-13(30(2)3)24(31)28-12-14-8-16(9-14)21-19-10-18(26)11-20(27)23(19)29-22(21)15-4-6-17(25)7-5-15/h4-7,10-11,13-14,16,24,28-29,31H,8-9,12H2,1-3H3. The molecule has 1 heterocycles. The molecule has 0 saturated heterocycles. The molecule has 2 atom stereocenters. The van der Waals surface area contributed by atoms with E-state index < -0.39 is 17.9 Å². The van der Waals surface area contributed by atoms with Gasteiger partial charge in [-0.15, -0.1) is 0 Å². The van der Waals surface area contributed by atoms with Gasteiger partial charge in [-0.3, -0.25) is 5.32 Å². The average Bonchev–Trinajstić information content (AvgIpc) is 3.06. The second-order valence-electron chi connectivity index (χ2n) is 8.82. The normalized spacial score (nSPS) is 20.8. The second-order valence-corrected chi connectivity index (χ2v) is 8.82. The number of hydrogen-bond donors (Lipinski definition) is 3. The molecule has 0 spiro atoms. The molecule has 1 aromatic heterocycles. The van der Waals surface area contributed by atoms with Crippen LogP contribution in [0.3, 0.4) is 0 Å². The van der Waals surface area contributed by atoms with E-state index in [1.165, 1.54) is 18.2 Å². The number of likely N-dealkylation sites (N-methyl/N-ethyl adjacent to an activating group) is 1. The van der Waals surface area contributed by atoms with Crippen molar-refractivity contribution in [2.24, 2.45) is 5.92 Å². The smallest absolute Gasteiger partial charge is 0.150 e. The molecule has 1 aliphatic rings. The first kappa shape index (κ1) is 21.9. The van der Waals surface area contributed by atoms with Crippen LogP contribution in [-0.2, 0) is 0 Å². The molecular weight excluding hydrogens is 403 g/mol. The number of aliphatic hydroxyl groups is 1. The van der Waals surface area contributed by atoms with Gasteiger partial charge in [0.2, 0.25) is 0 Å². The van der Waals surface area contributed by atoms with Gasteiger partial charge in [-0.25, -0.2) is 13.2 Å². The number of aliphatic hydroxyl groups excluding tert-OH is 1. The number of hydrogen-bond acceptors (Lipinski definition) is 3. The van der Waals surface area contributed by atoms with E-state index in [1.807, 2.05) is 25.9 Å². The Kier molecular flexibility index (Phi) is 6.10. The molecule has 0 radical (unpaired) electrons. The summed E-state index contributed by atoms with van der Waals surface area (Å²) in [4.78, 5) is 5.06. The molecule has 0 bridgehead atoms. The van der Waals surface area contributed by atoms with E-state index >= 15 is 0 Å². The third-order valence-electron chi connectivity index (χ3n) is 6.53. The molecule has 166 valence electrons. The van der Waals surface area contributed by atoms with Gasteiger partial charge in [0, 0.05) is 24.0 Å². The summed E-state index contributed by atoms with van der Waals surface area (Å²) in [6.07, 6.45) is 1.06. The predicted octanol–water partition coefficient (Wildman–Crippen LogP) is 4.60. The molecule has 1 fully saturated rings.